The van der Waals surface area contributed by atoms with Crippen molar-refractivity contribution < 1.29 is 35.7 Å². The molecule has 6 nitrogen and oxygen atoms in total. The molecule has 0 saturated carbocycles. The van der Waals surface area contributed by atoms with Crippen LogP contribution in [-0.4, -0.2) is 31.2 Å². The van der Waals surface area contributed by atoms with Crippen LogP contribution in [0.2, 0.25) is 0 Å². The molecular formula is C10H9AuN2O4S. The Labute approximate surface area is 121 Å². The molecule has 0 radical (unpaired) electrons. The van der Waals surface area contributed by atoms with Crippen molar-refractivity contribution in [3.63, 3.8) is 0 Å². The molecule has 1 aromatic carbocycles. The van der Waals surface area contributed by atoms with Crippen molar-refractivity contribution in [3.8, 4) is 5.92 Å². The van der Waals surface area contributed by atoms with E-state index in [1.54, 1.807) is 0 Å². The van der Waals surface area contributed by atoms with Crippen LogP contribution in [-0.2, 0) is 32.4 Å². The fraction of sp³-hybridized carbons (Fsp3) is 0.200. The van der Waals surface area contributed by atoms with Gasteiger partial charge < -0.3 is 12.3 Å². The van der Waals surface area contributed by atoms with Crippen LogP contribution < -0.4 is 0 Å². The molecule has 0 atom stereocenters. The van der Waals surface area contributed by atoms with Crippen LogP contribution in [0.1, 0.15) is 0 Å². The zero-order chi connectivity index (χ0) is 13.1. The van der Waals surface area contributed by atoms with E-state index in [1.165, 1.54) is 7.05 Å². The maximum Gasteiger partial charge on any atom is 1.00 e. The van der Waals surface area contributed by atoms with E-state index in [4.69, 9.17) is 6.42 Å². The largest absolute Gasteiger partial charge is 1.00 e. The second-order valence-corrected chi connectivity index (χ2v) is 5.23. The number of hydrogen-bond acceptors (Lipinski definition) is 4. The van der Waals surface area contributed by atoms with Crippen LogP contribution in [0.3, 0.4) is 0 Å². The molecule has 0 saturated heterocycles. The van der Waals surface area contributed by atoms with Crippen LogP contribution in [0.15, 0.2) is 29.2 Å². The molecule has 0 aliphatic heterocycles. The van der Waals surface area contributed by atoms with Crippen molar-refractivity contribution in [2.75, 3.05) is 13.6 Å². The van der Waals surface area contributed by atoms with Crippen LogP contribution in [0, 0.1) is 22.5 Å². The van der Waals surface area contributed by atoms with E-state index in [9.17, 15) is 18.5 Å². The first-order valence-corrected chi connectivity index (χ1v) is 5.94. The summed E-state index contributed by atoms with van der Waals surface area (Å²) in [4.78, 5) is 9.75. The molecular weight excluding hydrogens is 441 g/mol. The number of nitro groups is 1. The third kappa shape index (κ3) is 3.66. The normalized spacial score (nSPS) is 10.5. The quantitative estimate of drug-likeness (QED) is 0.224. The Morgan fingerprint density at radius 1 is 1.39 bits per heavy atom. The van der Waals surface area contributed by atoms with Gasteiger partial charge in [-0.15, -0.1) is 0 Å². The van der Waals surface area contributed by atoms with Crippen LogP contribution in [0.5, 0.6) is 0 Å². The van der Waals surface area contributed by atoms with E-state index < -0.39 is 14.9 Å². The number of nitro benzene ring substituents is 1. The summed E-state index contributed by atoms with van der Waals surface area (Å²) in [5.41, 5.74) is -0.176. The Bertz CT molecular complexity index is 563. The SMILES string of the molecule is [Au+].[C-]#CCN(C)S(=O)(=O)c1ccc([N+](=O)[O-])cc1. The van der Waals surface area contributed by atoms with E-state index in [1.807, 2.05) is 5.92 Å². The van der Waals surface area contributed by atoms with Crippen molar-refractivity contribution in [2.24, 2.45) is 0 Å². The summed E-state index contributed by atoms with van der Waals surface area (Å²) >= 11 is 0. The first-order chi connectivity index (χ1) is 7.89. The molecule has 8 heteroatoms. The fourth-order valence-electron chi connectivity index (χ4n) is 1.12. The van der Waals surface area contributed by atoms with Gasteiger partial charge in [0.1, 0.15) is 0 Å². The Kier molecular flexibility index (Phi) is 6.25. The molecule has 0 bridgehead atoms. The molecule has 0 heterocycles. The van der Waals surface area contributed by atoms with Crippen molar-refractivity contribution >= 4 is 15.7 Å². The van der Waals surface area contributed by atoms with E-state index in [-0.39, 0.29) is 39.5 Å². The Hall–Kier alpha value is -1.17. The third-order valence-electron chi connectivity index (χ3n) is 2.06. The molecule has 0 aliphatic carbocycles. The molecule has 18 heavy (non-hydrogen) atoms. The number of sulfonamides is 1. The first-order valence-electron chi connectivity index (χ1n) is 4.50. The van der Waals surface area contributed by atoms with E-state index in [0.717, 1.165) is 28.6 Å². The summed E-state index contributed by atoms with van der Waals surface area (Å²) in [6, 6.07) is 4.56. The standard InChI is InChI=1S/C10H9N2O4S.Au/c1-3-8-11(2)17(15,16)10-6-4-9(5-7-10)12(13)14;/h4-7H,8H2,2H3;/q-1;+1. The van der Waals surface area contributed by atoms with Gasteiger partial charge in [0, 0.05) is 25.7 Å². The summed E-state index contributed by atoms with van der Waals surface area (Å²) in [6.07, 6.45) is 6.72. The van der Waals surface area contributed by atoms with Gasteiger partial charge in [-0.05, 0) is 12.1 Å². The zero-order valence-corrected chi connectivity index (χ0v) is 12.2. The van der Waals surface area contributed by atoms with E-state index in [2.05, 4.69) is 0 Å². The first kappa shape index (κ1) is 16.8. The van der Waals surface area contributed by atoms with Gasteiger partial charge in [0.05, 0.1) is 9.82 Å². The minimum atomic E-state index is -3.72. The number of benzene rings is 1. The molecule has 0 fully saturated rings. The van der Waals surface area contributed by atoms with Gasteiger partial charge >= 0.3 is 22.4 Å². The summed E-state index contributed by atoms with van der Waals surface area (Å²) in [5, 5.41) is 10.4. The molecule has 0 aliphatic rings. The second-order valence-electron chi connectivity index (χ2n) is 3.19. The van der Waals surface area contributed by atoms with Crippen LogP contribution >= 0.6 is 0 Å². The number of hydrogen-bond donors (Lipinski definition) is 0. The molecule has 0 amide bonds. The molecule has 0 unspecified atom stereocenters. The molecule has 0 N–H and O–H groups in total. The van der Waals surface area contributed by atoms with Crippen LogP contribution in [0.4, 0.5) is 5.69 Å². The average molecular weight is 450 g/mol. The monoisotopic (exact) mass is 450 g/mol. The maximum absolute atomic E-state index is 11.8. The van der Waals surface area contributed by atoms with Crippen molar-refractivity contribution in [1.29, 1.82) is 0 Å². The van der Waals surface area contributed by atoms with Gasteiger partial charge in [-0.2, -0.15) is 4.31 Å². The van der Waals surface area contributed by atoms with Crippen molar-refractivity contribution in [1.82, 2.24) is 4.31 Å². The Morgan fingerprint density at radius 2 is 1.89 bits per heavy atom. The number of nitrogens with zero attached hydrogens (tertiary/aromatic N) is 2. The second kappa shape index (κ2) is 6.68. The zero-order valence-electron chi connectivity index (χ0n) is 9.25. The Balaban J connectivity index is 0.00000289. The summed E-state index contributed by atoms with van der Waals surface area (Å²) in [5.74, 6) is 1.96. The predicted octanol–water partition coefficient (Wildman–Crippen LogP) is 0.803. The molecule has 1 rings (SSSR count). The van der Waals surface area contributed by atoms with Gasteiger partial charge in [-0.25, -0.2) is 8.42 Å². The topological polar surface area (TPSA) is 80.5 Å². The van der Waals surface area contributed by atoms with E-state index >= 15 is 0 Å². The third-order valence-corrected chi connectivity index (χ3v) is 3.88. The van der Waals surface area contributed by atoms with Gasteiger partial charge in [-0.1, -0.05) is 0 Å². The summed E-state index contributed by atoms with van der Waals surface area (Å²) in [6.45, 7) is -0.167. The smallest absolute Gasteiger partial charge is 0.692 e. The molecule has 100 valence electrons. The predicted molar refractivity (Wildman–Crippen MR) is 60.0 cm³/mol. The van der Waals surface area contributed by atoms with Gasteiger partial charge in [0.25, 0.3) is 5.69 Å². The minimum Gasteiger partial charge on any atom is -0.692 e. The fourth-order valence-corrected chi connectivity index (χ4v) is 2.19. The number of non-ortho nitro benzene ring substituents is 1. The minimum absolute atomic E-state index is 0. The molecule has 1 aromatic rings. The van der Waals surface area contributed by atoms with Gasteiger partial charge in [-0.3, -0.25) is 10.1 Å². The van der Waals surface area contributed by atoms with Gasteiger partial charge in [0.15, 0.2) is 0 Å². The van der Waals surface area contributed by atoms with E-state index in [0.29, 0.717) is 0 Å². The van der Waals surface area contributed by atoms with Crippen LogP contribution in [0.25, 0.3) is 0 Å². The van der Waals surface area contributed by atoms with Crippen molar-refractivity contribution in [3.05, 3.63) is 40.8 Å². The van der Waals surface area contributed by atoms with Crippen molar-refractivity contribution in [2.45, 2.75) is 4.90 Å². The summed E-state index contributed by atoms with van der Waals surface area (Å²) < 4.78 is 24.6. The average Bonchev–Trinajstić information content (AvgIpc) is 2.29. The molecule has 0 aromatic heterocycles. The molecule has 0 spiro atoms. The van der Waals surface area contributed by atoms with Gasteiger partial charge in [0.2, 0.25) is 10.0 Å². The number of rotatable bonds is 4. The Morgan fingerprint density at radius 3 is 2.28 bits per heavy atom. The summed E-state index contributed by atoms with van der Waals surface area (Å²) in [7, 11) is -2.41. The maximum atomic E-state index is 11.8.